The summed E-state index contributed by atoms with van der Waals surface area (Å²) in [5.74, 6) is 0.203. The van der Waals surface area contributed by atoms with E-state index in [1.54, 1.807) is 54.6 Å². The van der Waals surface area contributed by atoms with Gasteiger partial charge in [-0.25, -0.2) is 0 Å². The molecule has 0 fully saturated rings. The molecule has 0 spiro atoms. The molecule has 9 heteroatoms. The Hall–Kier alpha value is -4.35. The predicted molar refractivity (Wildman–Crippen MR) is 124 cm³/mol. The van der Waals surface area contributed by atoms with Crippen LogP contribution in [0.4, 0.5) is 11.4 Å². The van der Waals surface area contributed by atoms with Crippen LogP contribution in [0.1, 0.15) is 11.1 Å². The summed E-state index contributed by atoms with van der Waals surface area (Å²) in [5.41, 5.74) is 1.51. The first-order valence-electron chi connectivity index (χ1n) is 9.62. The number of amides is 1. The molecule has 1 amide bonds. The van der Waals surface area contributed by atoms with E-state index in [9.17, 15) is 20.2 Å². The summed E-state index contributed by atoms with van der Waals surface area (Å²) in [6.07, 6.45) is 1.42. The molecule has 0 unspecified atom stereocenters. The van der Waals surface area contributed by atoms with Crippen LogP contribution in [-0.2, 0) is 11.4 Å². The van der Waals surface area contributed by atoms with Crippen molar-refractivity contribution >= 4 is 35.0 Å². The minimum atomic E-state index is -0.579. The number of nitro groups is 1. The standard InChI is InChI=1S/C24H18ClN3O5/c1-32-23-12-16(10-18(14-26)24(29)27-20-6-3-5-19(25)13-20)8-9-22(23)33-15-17-4-2-7-21(11-17)28(30)31/h2-13H,15H2,1H3,(H,27,29)/b18-10+. The number of halogens is 1. The summed E-state index contributed by atoms with van der Waals surface area (Å²) in [6, 6.07) is 19.5. The second-order valence-corrected chi connectivity index (χ2v) is 7.20. The number of rotatable bonds is 8. The molecule has 166 valence electrons. The largest absolute Gasteiger partial charge is 0.493 e. The van der Waals surface area contributed by atoms with Gasteiger partial charge in [0.25, 0.3) is 11.6 Å². The number of nitrogens with one attached hydrogen (secondary N) is 1. The smallest absolute Gasteiger partial charge is 0.269 e. The van der Waals surface area contributed by atoms with Crippen molar-refractivity contribution in [2.24, 2.45) is 0 Å². The molecule has 0 radical (unpaired) electrons. The average Bonchev–Trinajstić information content (AvgIpc) is 2.81. The molecule has 0 bridgehead atoms. The number of nitriles is 1. The first-order chi connectivity index (χ1) is 15.9. The maximum Gasteiger partial charge on any atom is 0.269 e. The van der Waals surface area contributed by atoms with E-state index in [0.717, 1.165) is 0 Å². The van der Waals surface area contributed by atoms with E-state index in [-0.39, 0.29) is 17.9 Å². The summed E-state index contributed by atoms with van der Waals surface area (Å²) in [4.78, 5) is 22.9. The number of non-ortho nitro benzene ring substituents is 1. The molecule has 3 aromatic rings. The Labute approximate surface area is 194 Å². The lowest BCUT2D eigenvalue weighted by molar-refractivity contribution is -0.384. The van der Waals surface area contributed by atoms with Crippen LogP contribution in [0.3, 0.4) is 0 Å². The van der Waals surface area contributed by atoms with Gasteiger partial charge in [0, 0.05) is 22.8 Å². The zero-order valence-electron chi connectivity index (χ0n) is 17.4. The highest BCUT2D eigenvalue weighted by Gasteiger charge is 2.12. The molecular weight excluding hydrogens is 446 g/mol. The molecule has 0 aromatic heterocycles. The third-order valence-corrected chi connectivity index (χ3v) is 4.70. The van der Waals surface area contributed by atoms with Crippen LogP contribution in [0.2, 0.25) is 5.02 Å². The fourth-order valence-corrected chi connectivity index (χ4v) is 3.08. The fourth-order valence-electron chi connectivity index (χ4n) is 2.89. The second kappa shape index (κ2) is 10.8. The molecule has 0 heterocycles. The number of hydrogen-bond donors (Lipinski definition) is 1. The van der Waals surface area contributed by atoms with Crippen molar-refractivity contribution in [1.29, 1.82) is 5.26 Å². The van der Waals surface area contributed by atoms with Gasteiger partial charge in [0.1, 0.15) is 18.2 Å². The monoisotopic (exact) mass is 463 g/mol. The molecule has 1 N–H and O–H groups in total. The maximum atomic E-state index is 12.5. The van der Waals surface area contributed by atoms with Gasteiger partial charge in [0.05, 0.1) is 12.0 Å². The van der Waals surface area contributed by atoms with Crippen molar-refractivity contribution < 1.29 is 19.2 Å². The van der Waals surface area contributed by atoms with Gasteiger partial charge < -0.3 is 14.8 Å². The highest BCUT2D eigenvalue weighted by Crippen LogP contribution is 2.30. The molecule has 0 aliphatic rings. The van der Waals surface area contributed by atoms with Crippen molar-refractivity contribution in [3.63, 3.8) is 0 Å². The Kier molecular flexibility index (Phi) is 7.63. The van der Waals surface area contributed by atoms with Crippen LogP contribution in [0.5, 0.6) is 11.5 Å². The first kappa shape index (κ1) is 23.3. The first-order valence-corrected chi connectivity index (χ1v) is 10.0. The number of nitro benzene ring substituents is 1. The lowest BCUT2D eigenvalue weighted by atomic mass is 10.1. The summed E-state index contributed by atoms with van der Waals surface area (Å²) >= 11 is 5.92. The molecule has 8 nitrogen and oxygen atoms in total. The Morgan fingerprint density at radius 3 is 2.64 bits per heavy atom. The molecule has 3 rings (SSSR count). The molecule has 0 saturated heterocycles. The van der Waals surface area contributed by atoms with Crippen LogP contribution in [-0.4, -0.2) is 17.9 Å². The van der Waals surface area contributed by atoms with E-state index in [1.165, 1.54) is 25.3 Å². The third-order valence-electron chi connectivity index (χ3n) is 4.46. The van der Waals surface area contributed by atoms with Crippen molar-refractivity contribution in [1.82, 2.24) is 0 Å². The van der Waals surface area contributed by atoms with E-state index in [4.69, 9.17) is 21.1 Å². The Morgan fingerprint density at radius 2 is 1.94 bits per heavy atom. The zero-order chi connectivity index (χ0) is 23.8. The van der Waals surface area contributed by atoms with E-state index in [2.05, 4.69) is 5.32 Å². The van der Waals surface area contributed by atoms with Crippen LogP contribution in [0.15, 0.2) is 72.3 Å². The van der Waals surface area contributed by atoms with Crippen molar-refractivity contribution in [2.45, 2.75) is 6.61 Å². The number of benzene rings is 3. The quantitative estimate of drug-likeness (QED) is 0.207. The number of anilines is 1. The van der Waals surface area contributed by atoms with Gasteiger partial charge in [-0.1, -0.05) is 35.9 Å². The lowest BCUT2D eigenvalue weighted by Crippen LogP contribution is -2.13. The molecular formula is C24H18ClN3O5. The minimum Gasteiger partial charge on any atom is -0.493 e. The molecule has 0 atom stereocenters. The Morgan fingerprint density at radius 1 is 1.15 bits per heavy atom. The Balaban J connectivity index is 1.75. The van der Waals surface area contributed by atoms with Gasteiger partial charge in [-0.15, -0.1) is 0 Å². The van der Waals surface area contributed by atoms with E-state index < -0.39 is 10.8 Å². The van der Waals surface area contributed by atoms with Crippen molar-refractivity contribution in [3.8, 4) is 17.6 Å². The lowest BCUT2D eigenvalue weighted by Gasteiger charge is -2.12. The number of carbonyl (C=O) groups is 1. The van der Waals surface area contributed by atoms with Crippen molar-refractivity contribution in [2.75, 3.05) is 12.4 Å². The number of carbonyl (C=O) groups excluding carboxylic acids is 1. The minimum absolute atomic E-state index is 0.0244. The third kappa shape index (κ3) is 6.32. The van der Waals surface area contributed by atoms with Gasteiger partial charge in [0.15, 0.2) is 11.5 Å². The van der Waals surface area contributed by atoms with Crippen LogP contribution < -0.4 is 14.8 Å². The molecule has 0 aliphatic carbocycles. The second-order valence-electron chi connectivity index (χ2n) is 6.76. The van der Waals surface area contributed by atoms with Gasteiger partial charge >= 0.3 is 0 Å². The van der Waals surface area contributed by atoms with E-state index >= 15 is 0 Å². The van der Waals surface area contributed by atoms with E-state index in [0.29, 0.717) is 33.3 Å². The van der Waals surface area contributed by atoms with Gasteiger partial charge in [-0.3, -0.25) is 14.9 Å². The van der Waals surface area contributed by atoms with E-state index in [1.807, 2.05) is 6.07 Å². The number of ether oxygens (including phenoxy) is 2. The molecule has 0 saturated carbocycles. The van der Waals surface area contributed by atoms with Crippen LogP contribution in [0, 0.1) is 21.4 Å². The van der Waals surface area contributed by atoms with Gasteiger partial charge in [-0.2, -0.15) is 5.26 Å². The topological polar surface area (TPSA) is 114 Å². The van der Waals surface area contributed by atoms with Gasteiger partial charge in [-0.05, 0) is 47.5 Å². The normalized spacial score (nSPS) is 10.8. The summed E-state index contributed by atoms with van der Waals surface area (Å²) in [6.45, 7) is 0.0959. The zero-order valence-corrected chi connectivity index (χ0v) is 18.2. The summed E-state index contributed by atoms with van der Waals surface area (Å²) < 4.78 is 11.1. The molecule has 33 heavy (non-hydrogen) atoms. The fraction of sp³-hybridized carbons (Fsp3) is 0.0833. The summed E-state index contributed by atoms with van der Waals surface area (Å²) in [5, 5.41) is 23.4. The van der Waals surface area contributed by atoms with Gasteiger partial charge in [0.2, 0.25) is 0 Å². The highest BCUT2D eigenvalue weighted by atomic mass is 35.5. The SMILES string of the molecule is COc1cc(/C=C(\C#N)C(=O)Nc2cccc(Cl)c2)ccc1OCc1cccc([N+](=O)[O-])c1. The molecule has 0 aliphatic heterocycles. The van der Waals surface area contributed by atoms with Crippen LogP contribution >= 0.6 is 11.6 Å². The Bertz CT molecular complexity index is 1270. The number of methoxy groups -OCH3 is 1. The average molecular weight is 464 g/mol. The number of hydrogen-bond acceptors (Lipinski definition) is 6. The number of nitrogens with zero attached hydrogens (tertiary/aromatic N) is 2. The predicted octanol–water partition coefficient (Wildman–Crippen LogP) is 5.38. The summed E-state index contributed by atoms with van der Waals surface area (Å²) in [7, 11) is 1.46. The molecule has 3 aromatic carbocycles. The maximum absolute atomic E-state index is 12.5. The highest BCUT2D eigenvalue weighted by molar-refractivity contribution is 6.31. The van der Waals surface area contributed by atoms with Crippen LogP contribution in [0.25, 0.3) is 6.08 Å². The van der Waals surface area contributed by atoms with Crippen molar-refractivity contribution in [3.05, 3.63) is 98.6 Å².